The van der Waals surface area contributed by atoms with Crippen LogP contribution in [0, 0.1) is 9.49 Å². The van der Waals surface area contributed by atoms with E-state index in [1.165, 1.54) is 0 Å². The topological polar surface area (TPSA) is 57.6 Å². The van der Waals surface area contributed by atoms with Gasteiger partial charge in [0.2, 0.25) is 0 Å². The van der Waals surface area contributed by atoms with E-state index < -0.39 is 5.97 Å². The third kappa shape index (κ3) is 4.57. The number of hydrogen-bond acceptors (Lipinski definition) is 2. The molecule has 0 bridgehead atoms. The number of rotatable bonds is 4. The van der Waals surface area contributed by atoms with Crippen LogP contribution in [-0.4, -0.2) is 35.0 Å². The summed E-state index contributed by atoms with van der Waals surface area (Å²) in [5, 5.41) is 9.30. The van der Waals surface area contributed by atoms with Gasteiger partial charge in [0, 0.05) is 28.6 Å². The molecule has 0 unspecified atom stereocenters. The maximum absolute atomic E-state index is 12.4. The minimum Gasteiger partial charge on any atom is -0.481 e. The lowest BCUT2D eigenvalue weighted by atomic mass is 9.92. The van der Waals surface area contributed by atoms with Crippen molar-refractivity contribution in [1.82, 2.24) is 4.90 Å². The Bertz CT molecular complexity index is 542. The Hall–Kier alpha value is -0.820. The standard InChI is InChI=1S/C15H17ClINO3/c16-12-9-11(2-3-13(12)17)15(21)18-7-5-10(6-8-18)1-4-14(19)20/h2-3,9-10H,1,4-8H2,(H,19,20). The predicted octanol–water partition coefficient (Wildman–Crippen LogP) is 3.66. The number of nitrogens with zero attached hydrogens (tertiary/aromatic N) is 1. The monoisotopic (exact) mass is 421 g/mol. The molecule has 1 N–H and O–H groups in total. The summed E-state index contributed by atoms with van der Waals surface area (Å²) in [7, 11) is 0. The molecule has 0 aliphatic carbocycles. The number of piperidine rings is 1. The summed E-state index contributed by atoms with van der Waals surface area (Å²) in [6, 6.07) is 5.35. The molecule has 0 radical (unpaired) electrons. The summed E-state index contributed by atoms with van der Waals surface area (Å²) in [5.74, 6) is -0.336. The fourth-order valence-corrected chi connectivity index (χ4v) is 3.08. The van der Waals surface area contributed by atoms with Crippen molar-refractivity contribution in [2.24, 2.45) is 5.92 Å². The molecule has 2 rings (SSSR count). The number of carboxylic acid groups (broad SMARTS) is 1. The molecule has 1 aliphatic heterocycles. The first-order valence-electron chi connectivity index (χ1n) is 6.93. The lowest BCUT2D eigenvalue weighted by molar-refractivity contribution is -0.137. The molecular formula is C15H17ClINO3. The van der Waals surface area contributed by atoms with Gasteiger partial charge >= 0.3 is 5.97 Å². The van der Waals surface area contributed by atoms with E-state index in [4.69, 9.17) is 16.7 Å². The zero-order valence-corrected chi connectivity index (χ0v) is 14.4. The Labute approximate surface area is 142 Å². The highest BCUT2D eigenvalue weighted by atomic mass is 127. The normalized spacial score (nSPS) is 16.0. The second-order valence-corrected chi connectivity index (χ2v) is 6.87. The van der Waals surface area contributed by atoms with Gasteiger partial charge < -0.3 is 10.0 Å². The van der Waals surface area contributed by atoms with Gasteiger partial charge in [0.1, 0.15) is 0 Å². The van der Waals surface area contributed by atoms with Crippen LogP contribution in [0.2, 0.25) is 5.02 Å². The van der Waals surface area contributed by atoms with Gasteiger partial charge in [-0.3, -0.25) is 9.59 Å². The highest BCUT2D eigenvalue weighted by Crippen LogP contribution is 2.25. The number of likely N-dealkylation sites (tertiary alicyclic amines) is 1. The Morgan fingerprint density at radius 1 is 1.33 bits per heavy atom. The van der Waals surface area contributed by atoms with Crippen LogP contribution in [-0.2, 0) is 4.79 Å². The van der Waals surface area contributed by atoms with Crippen LogP contribution in [0.25, 0.3) is 0 Å². The summed E-state index contributed by atoms with van der Waals surface area (Å²) < 4.78 is 0.929. The fourth-order valence-electron chi connectivity index (χ4n) is 2.56. The van der Waals surface area contributed by atoms with Crippen LogP contribution >= 0.6 is 34.2 Å². The Kier molecular flexibility index (Phi) is 5.87. The van der Waals surface area contributed by atoms with Gasteiger partial charge in [-0.05, 0) is 66.0 Å². The van der Waals surface area contributed by atoms with E-state index in [-0.39, 0.29) is 12.3 Å². The number of carbonyl (C=O) groups is 2. The molecule has 0 saturated carbocycles. The summed E-state index contributed by atoms with van der Waals surface area (Å²) >= 11 is 8.19. The van der Waals surface area contributed by atoms with E-state index in [1.54, 1.807) is 12.1 Å². The van der Waals surface area contributed by atoms with E-state index in [0.29, 0.717) is 36.0 Å². The molecule has 1 aromatic rings. The quantitative estimate of drug-likeness (QED) is 0.755. The molecule has 1 heterocycles. The van der Waals surface area contributed by atoms with Crippen molar-refractivity contribution in [2.75, 3.05) is 13.1 Å². The molecular weight excluding hydrogens is 405 g/mol. The second kappa shape index (κ2) is 7.45. The summed E-state index contributed by atoms with van der Waals surface area (Å²) in [6.45, 7) is 1.37. The number of halogens is 2. The number of hydrogen-bond donors (Lipinski definition) is 1. The van der Waals surface area contributed by atoms with Crippen LogP contribution in [0.3, 0.4) is 0 Å². The van der Waals surface area contributed by atoms with Crippen LogP contribution in [0.1, 0.15) is 36.0 Å². The molecule has 1 amide bonds. The van der Waals surface area contributed by atoms with Gasteiger partial charge in [-0.1, -0.05) is 11.6 Å². The molecule has 0 spiro atoms. The molecule has 21 heavy (non-hydrogen) atoms. The van der Waals surface area contributed by atoms with Gasteiger partial charge in [-0.25, -0.2) is 0 Å². The Balaban J connectivity index is 1.90. The SMILES string of the molecule is O=C(O)CCC1CCN(C(=O)c2ccc(I)c(Cl)c2)CC1. The third-order valence-corrected chi connectivity index (χ3v) is 5.41. The molecule has 114 valence electrons. The summed E-state index contributed by atoms with van der Waals surface area (Å²) in [5.41, 5.74) is 0.615. The van der Waals surface area contributed by atoms with E-state index in [1.807, 2.05) is 11.0 Å². The first-order valence-corrected chi connectivity index (χ1v) is 8.39. The lowest BCUT2D eigenvalue weighted by Crippen LogP contribution is -2.38. The first kappa shape index (κ1) is 16.5. The zero-order valence-electron chi connectivity index (χ0n) is 11.5. The van der Waals surface area contributed by atoms with E-state index in [9.17, 15) is 9.59 Å². The van der Waals surface area contributed by atoms with Crippen LogP contribution in [0.15, 0.2) is 18.2 Å². The van der Waals surface area contributed by atoms with Gasteiger partial charge in [0.15, 0.2) is 0 Å². The van der Waals surface area contributed by atoms with Crippen LogP contribution < -0.4 is 0 Å². The fraction of sp³-hybridized carbons (Fsp3) is 0.467. The minimum atomic E-state index is -0.748. The molecule has 1 saturated heterocycles. The van der Waals surface area contributed by atoms with Crippen molar-refractivity contribution < 1.29 is 14.7 Å². The number of aliphatic carboxylic acids is 1. The van der Waals surface area contributed by atoms with Crippen molar-refractivity contribution in [3.63, 3.8) is 0 Å². The minimum absolute atomic E-state index is 0.00462. The predicted molar refractivity (Wildman–Crippen MR) is 89.7 cm³/mol. The maximum Gasteiger partial charge on any atom is 0.303 e. The molecule has 0 aromatic heterocycles. The highest BCUT2D eigenvalue weighted by Gasteiger charge is 2.24. The molecule has 1 aromatic carbocycles. The average Bonchev–Trinajstić information content (AvgIpc) is 2.48. The Morgan fingerprint density at radius 3 is 2.57 bits per heavy atom. The van der Waals surface area contributed by atoms with Gasteiger partial charge in [0.25, 0.3) is 5.91 Å². The van der Waals surface area contributed by atoms with E-state index in [2.05, 4.69) is 22.6 Å². The Morgan fingerprint density at radius 2 is 2.00 bits per heavy atom. The van der Waals surface area contributed by atoms with Crippen LogP contribution in [0.4, 0.5) is 0 Å². The van der Waals surface area contributed by atoms with Crippen molar-refractivity contribution >= 4 is 46.1 Å². The second-order valence-electron chi connectivity index (χ2n) is 5.30. The smallest absolute Gasteiger partial charge is 0.303 e. The van der Waals surface area contributed by atoms with Crippen molar-refractivity contribution in [3.05, 3.63) is 32.4 Å². The van der Waals surface area contributed by atoms with Gasteiger partial charge in [-0.2, -0.15) is 0 Å². The first-order chi connectivity index (χ1) is 9.97. The molecule has 6 heteroatoms. The number of amides is 1. The van der Waals surface area contributed by atoms with E-state index in [0.717, 1.165) is 16.4 Å². The van der Waals surface area contributed by atoms with Gasteiger partial charge in [0.05, 0.1) is 5.02 Å². The summed E-state index contributed by atoms with van der Waals surface area (Å²) in [6.07, 6.45) is 2.66. The van der Waals surface area contributed by atoms with Crippen molar-refractivity contribution in [1.29, 1.82) is 0 Å². The van der Waals surface area contributed by atoms with Crippen molar-refractivity contribution in [3.8, 4) is 0 Å². The molecule has 1 fully saturated rings. The third-order valence-electron chi connectivity index (χ3n) is 3.83. The number of benzene rings is 1. The van der Waals surface area contributed by atoms with E-state index >= 15 is 0 Å². The number of carboxylic acids is 1. The highest BCUT2D eigenvalue weighted by molar-refractivity contribution is 14.1. The molecule has 1 aliphatic rings. The van der Waals surface area contributed by atoms with Gasteiger partial charge in [-0.15, -0.1) is 0 Å². The summed E-state index contributed by atoms with van der Waals surface area (Å²) in [4.78, 5) is 24.8. The zero-order chi connectivity index (χ0) is 15.4. The average molecular weight is 422 g/mol. The largest absolute Gasteiger partial charge is 0.481 e. The molecule has 0 atom stereocenters. The lowest BCUT2D eigenvalue weighted by Gasteiger charge is -2.32. The van der Waals surface area contributed by atoms with Crippen LogP contribution in [0.5, 0.6) is 0 Å². The number of carbonyl (C=O) groups excluding carboxylic acids is 1. The maximum atomic E-state index is 12.4. The van der Waals surface area contributed by atoms with Crippen molar-refractivity contribution in [2.45, 2.75) is 25.7 Å². The molecule has 4 nitrogen and oxygen atoms in total.